The second-order valence-corrected chi connectivity index (χ2v) is 4.49. The van der Waals surface area contributed by atoms with E-state index in [2.05, 4.69) is 6.58 Å². The topological polar surface area (TPSA) is 112 Å². The minimum atomic E-state index is -1.35. The summed E-state index contributed by atoms with van der Waals surface area (Å²) in [4.78, 5) is 22.4. The fraction of sp³-hybridized carbons (Fsp3) is 0.692. The van der Waals surface area contributed by atoms with Gasteiger partial charge in [-0.25, -0.2) is 0 Å². The Morgan fingerprint density at radius 3 is 2.29 bits per heavy atom. The zero-order valence-electron chi connectivity index (χ0n) is 11.9. The van der Waals surface area contributed by atoms with Crippen molar-refractivity contribution in [3.63, 3.8) is 0 Å². The molecule has 1 rings (SSSR count). The first kappa shape index (κ1) is 17.6. The van der Waals surface area contributed by atoms with Crippen LogP contribution in [0.5, 0.6) is 0 Å². The fourth-order valence-corrected chi connectivity index (χ4v) is 1.98. The van der Waals surface area contributed by atoms with E-state index in [4.69, 9.17) is 18.9 Å². The Balaban J connectivity index is 2.99. The number of hydrogen-bond acceptors (Lipinski definition) is 8. The molecule has 1 heterocycles. The van der Waals surface area contributed by atoms with Gasteiger partial charge in [-0.2, -0.15) is 0 Å². The van der Waals surface area contributed by atoms with Gasteiger partial charge in [-0.3, -0.25) is 9.59 Å². The lowest BCUT2D eigenvalue weighted by Gasteiger charge is -2.42. The summed E-state index contributed by atoms with van der Waals surface area (Å²) in [6, 6.07) is 0. The fourth-order valence-electron chi connectivity index (χ4n) is 1.98. The molecule has 2 N–H and O–H groups in total. The molecular weight excluding hydrogens is 284 g/mol. The van der Waals surface area contributed by atoms with Crippen molar-refractivity contribution in [1.29, 1.82) is 0 Å². The largest absolute Gasteiger partial charge is 0.455 e. The number of aliphatic hydroxyl groups excluding tert-OH is 2. The smallest absolute Gasteiger partial charge is 0.303 e. The van der Waals surface area contributed by atoms with Gasteiger partial charge >= 0.3 is 11.9 Å². The van der Waals surface area contributed by atoms with E-state index in [9.17, 15) is 19.8 Å². The summed E-state index contributed by atoms with van der Waals surface area (Å²) in [6.07, 6.45) is -4.38. The van der Waals surface area contributed by atoms with Crippen LogP contribution in [-0.2, 0) is 28.5 Å². The van der Waals surface area contributed by atoms with Crippen LogP contribution in [0.2, 0.25) is 0 Å². The molecule has 8 nitrogen and oxygen atoms in total. The van der Waals surface area contributed by atoms with Crippen molar-refractivity contribution < 1.29 is 38.7 Å². The molecule has 120 valence electrons. The van der Waals surface area contributed by atoms with Gasteiger partial charge in [0.2, 0.25) is 0 Å². The normalized spacial score (nSPS) is 32.3. The van der Waals surface area contributed by atoms with Crippen LogP contribution in [0, 0.1) is 0 Å². The third kappa shape index (κ3) is 4.78. The summed E-state index contributed by atoms with van der Waals surface area (Å²) in [7, 11) is 0. The number of rotatable bonds is 6. The van der Waals surface area contributed by atoms with Crippen LogP contribution >= 0.6 is 0 Å². The molecule has 21 heavy (non-hydrogen) atoms. The molecule has 0 unspecified atom stereocenters. The van der Waals surface area contributed by atoms with Crippen molar-refractivity contribution in [2.24, 2.45) is 0 Å². The maximum atomic E-state index is 11.2. The lowest BCUT2D eigenvalue weighted by Crippen LogP contribution is -2.61. The summed E-state index contributed by atoms with van der Waals surface area (Å²) >= 11 is 0. The quantitative estimate of drug-likeness (QED) is 0.481. The summed E-state index contributed by atoms with van der Waals surface area (Å²) in [6.45, 7) is 5.37. The molecule has 1 fully saturated rings. The van der Waals surface area contributed by atoms with Crippen molar-refractivity contribution in [2.75, 3.05) is 13.2 Å². The first-order valence-electron chi connectivity index (χ1n) is 6.42. The Bertz CT molecular complexity index is 382. The van der Waals surface area contributed by atoms with E-state index in [-0.39, 0.29) is 6.61 Å². The standard InChI is InChI=1S/C13H20O8/c1-4-5-18-13-12(20-8(3)16)11(19-7(2)15)10(17)9(6-14)21-13/h4,9-14,17H,1,5-6H2,2-3H3/t9-,10-,11+,12-,13+/m1/s1. The Morgan fingerprint density at radius 2 is 1.81 bits per heavy atom. The van der Waals surface area contributed by atoms with E-state index in [0.29, 0.717) is 0 Å². The van der Waals surface area contributed by atoms with Gasteiger partial charge in [-0.05, 0) is 0 Å². The SMILES string of the molecule is C=CCO[C@H]1O[C@H](CO)[C@@H](O)[C@H](OC(C)=O)[C@H]1OC(C)=O. The molecule has 5 atom stereocenters. The minimum absolute atomic E-state index is 0.0868. The van der Waals surface area contributed by atoms with Gasteiger partial charge in [0.15, 0.2) is 18.5 Å². The molecule has 0 spiro atoms. The van der Waals surface area contributed by atoms with Crippen LogP contribution in [-0.4, -0.2) is 66.1 Å². The van der Waals surface area contributed by atoms with Gasteiger partial charge in [0.05, 0.1) is 13.2 Å². The number of aliphatic hydroxyl groups is 2. The van der Waals surface area contributed by atoms with Gasteiger partial charge in [0.1, 0.15) is 12.2 Å². The van der Waals surface area contributed by atoms with E-state index in [1.165, 1.54) is 13.0 Å². The third-order valence-corrected chi connectivity index (χ3v) is 2.78. The van der Waals surface area contributed by atoms with E-state index in [1.807, 2.05) is 0 Å². The zero-order chi connectivity index (χ0) is 16.0. The molecule has 1 saturated heterocycles. The minimum Gasteiger partial charge on any atom is -0.455 e. The number of carbonyl (C=O) groups excluding carboxylic acids is 2. The van der Waals surface area contributed by atoms with Crippen LogP contribution in [0.4, 0.5) is 0 Å². The zero-order valence-corrected chi connectivity index (χ0v) is 11.9. The van der Waals surface area contributed by atoms with E-state index in [0.717, 1.165) is 6.92 Å². The predicted octanol–water partition coefficient (Wildman–Crippen LogP) is -0.869. The van der Waals surface area contributed by atoms with Crippen LogP contribution in [0.1, 0.15) is 13.8 Å². The molecule has 0 bridgehead atoms. The van der Waals surface area contributed by atoms with Gasteiger partial charge in [0.25, 0.3) is 0 Å². The molecule has 0 aliphatic carbocycles. The highest BCUT2D eigenvalue weighted by atomic mass is 16.7. The van der Waals surface area contributed by atoms with Crippen LogP contribution < -0.4 is 0 Å². The Morgan fingerprint density at radius 1 is 1.24 bits per heavy atom. The highest BCUT2D eigenvalue weighted by Crippen LogP contribution is 2.27. The monoisotopic (exact) mass is 304 g/mol. The molecular formula is C13H20O8. The van der Waals surface area contributed by atoms with Crippen molar-refractivity contribution in [2.45, 2.75) is 44.6 Å². The Kier molecular flexibility index (Phi) is 6.76. The van der Waals surface area contributed by atoms with Crippen LogP contribution in [0.3, 0.4) is 0 Å². The lowest BCUT2D eigenvalue weighted by molar-refractivity contribution is -0.303. The second-order valence-electron chi connectivity index (χ2n) is 4.49. The number of esters is 2. The number of hydrogen-bond donors (Lipinski definition) is 2. The molecule has 8 heteroatoms. The average molecular weight is 304 g/mol. The van der Waals surface area contributed by atoms with Crippen molar-refractivity contribution >= 4 is 11.9 Å². The maximum Gasteiger partial charge on any atom is 0.303 e. The molecule has 0 saturated carbocycles. The maximum absolute atomic E-state index is 11.2. The first-order chi connectivity index (χ1) is 9.90. The highest BCUT2D eigenvalue weighted by molar-refractivity contribution is 5.67. The first-order valence-corrected chi connectivity index (χ1v) is 6.42. The van der Waals surface area contributed by atoms with Crippen molar-refractivity contribution in [1.82, 2.24) is 0 Å². The van der Waals surface area contributed by atoms with E-state index >= 15 is 0 Å². The summed E-state index contributed by atoms with van der Waals surface area (Å²) in [5.41, 5.74) is 0. The summed E-state index contributed by atoms with van der Waals surface area (Å²) < 4.78 is 20.7. The van der Waals surface area contributed by atoms with Gasteiger partial charge in [-0.15, -0.1) is 6.58 Å². The second kappa shape index (κ2) is 8.08. The number of ether oxygens (including phenoxy) is 4. The molecule has 0 radical (unpaired) electrons. The Labute approximate surface area is 122 Å². The van der Waals surface area contributed by atoms with Crippen molar-refractivity contribution in [3.8, 4) is 0 Å². The third-order valence-electron chi connectivity index (χ3n) is 2.78. The molecule has 1 aliphatic rings. The molecule has 0 aromatic heterocycles. The van der Waals surface area contributed by atoms with Gasteiger partial charge in [-0.1, -0.05) is 6.08 Å². The van der Waals surface area contributed by atoms with E-state index < -0.39 is 49.3 Å². The molecule has 0 aromatic rings. The highest BCUT2D eigenvalue weighted by Gasteiger charge is 2.49. The Hall–Kier alpha value is -1.48. The van der Waals surface area contributed by atoms with Gasteiger partial charge < -0.3 is 29.2 Å². The number of carbonyl (C=O) groups is 2. The summed E-state index contributed by atoms with van der Waals surface area (Å²) in [5.74, 6) is -1.32. The average Bonchev–Trinajstić information content (AvgIpc) is 2.41. The summed E-state index contributed by atoms with van der Waals surface area (Å²) in [5, 5.41) is 19.3. The molecule has 1 aliphatic heterocycles. The van der Waals surface area contributed by atoms with Crippen LogP contribution in [0.15, 0.2) is 12.7 Å². The lowest BCUT2D eigenvalue weighted by atomic mass is 9.98. The van der Waals surface area contributed by atoms with E-state index in [1.54, 1.807) is 0 Å². The molecule has 0 amide bonds. The van der Waals surface area contributed by atoms with Crippen molar-refractivity contribution in [3.05, 3.63) is 12.7 Å². The predicted molar refractivity (Wildman–Crippen MR) is 69.0 cm³/mol. The van der Waals surface area contributed by atoms with Crippen LogP contribution in [0.25, 0.3) is 0 Å². The van der Waals surface area contributed by atoms with Gasteiger partial charge in [0, 0.05) is 13.8 Å². The molecule has 0 aromatic carbocycles.